The van der Waals surface area contributed by atoms with E-state index in [0.717, 1.165) is 16.3 Å². The molecule has 0 aliphatic carbocycles. The number of aromatic nitrogens is 4. The van der Waals surface area contributed by atoms with Crippen LogP contribution < -0.4 is 9.30 Å². The van der Waals surface area contributed by atoms with Gasteiger partial charge in [-0.15, -0.1) is 29.7 Å². The zero-order valence-corrected chi connectivity index (χ0v) is 30.8. The van der Waals surface area contributed by atoms with Gasteiger partial charge in [0.2, 0.25) is 0 Å². The number of aryl methyl sites for hydroxylation is 1. The number of para-hydroxylation sites is 4. The summed E-state index contributed by atoms with van der Waals surface area (Å²) in [4.78, 5) is 4.64. The van der Waals surface area contributed by atoms with E-state index in [2.05, 4.69) is 23.4 Å². The summed E-state index contributed by atoms with van der Waals surface area (Å²) in [6.45, 7) is -2.77. The Bertz CT molecular complexity index is 3640. The van der Waals surface area contributed by atoms with Gasteiger partial charge in [0.25, 0.3) is 6.33 Å². The number of rotatable bonds is 7. The fourth-order valence-electron chi connectivity index (χ4n) is 6.75. The Morgan fingerprint density at radius 2 is 1.38 bits per heavy atom. The van der Waals surface area contributed by atoms with Crippen LogP contribution >= 0.6 is 0 Å². The molecule has 7 aromatic carbocycles. The molecular weight excluding hydrogens is 856 g/mol. The number of imidazole rings is 1. The van der Waals surface area contributed by atoms with Crippen LogP contribution in [0.25, 0.3) is 72.3 Å². The molecule has 0 bridgehead atoms. The molecule has 0 fully saturated rings. The second-order valence-electron chi connectivity index (χ2n) is 12.3. The van der Waals surface area contributed by atoms with Gasteiger partial charge in [-0.25, -0.2) is 4.98 Å². The molecule has 5 nitrogen and oxygen atoms in total. The van der Waals surface area contributed by atoms with Crippen LogP contribution in [0.5, 0.6) is 11.5 Å². The Morgan fingerprint density at radius 3 is 2.20 bits per heavy atom. The number of ether oxygens (including phenoxy) is 1. The normalized spacial score (nSPS) is 14.8. The van der Waals surface area contributed by atoms with E-state index in [9.17, 15) is 0 Å². The molecule has 10 aromatic rings. The Balaban J connectivity index is 0.00000578. The molecule has 55 heavy (non-hydrogen) atoms. The molecule has 3 heterocycles. The summed E-state index contributed by atoms with van der Waals surface area (Å²) in [7, 11) is 0. The van der Waals surface area contributed by atoms with Crippen molar-refractivity contribution in [1.29, 1.82) is 0 Å². The van der Waals surface area contributed by atoms with Crippen LogP contribution in [0.15, 0.2) is 176 Å². The van der Waals surface area contributed by atoms with Crippen LogP contribution in [0.4, 0.5) is 0 Å². The molecule has 0 aliphatic heterocycles. The molecule has 0 amide bonds. The summed E-state index contributed by atoms with van der Waals surface area (Å²) in [6.07, 6.45) is 4.63. The molecule has 0 spiro atoms. The van der Waals surface area contributed by atoms with Crippen LogP contribution in [-0.4, -0.2) is 14.1 Å². The average Bonchev–Trinajstić information content (AvgIpc) is 3.88. The van der Waals surface area contributed by atoms with Gasteiger partial charge >= 0.3 is 0 Å². The van der Waals surface area contributed by atoms with Gasteiger partial charge in [0, 0.05) is 54.0 Å². The van der Waals surface area contributed by atoms with E-state index in [1.54, 1.807) is 56.2 Å². The van der Waals surface area contributed by atoms with Gasteiger partial charge in [-0.05, 0) is 58.4 Å². The quantitative estimate of drug-likeness (QED) is 0.118. The van der Waals surface area contributed by atoms with Gasteiger partial charge in [0.1, 0.15) is 5.82 Å². The first-order chi connectivity index (χ1) is 32.0. The fraction of sp³-hybridized carbons (Fsp3) is 0.0204. The minimum atomic E-state index is -2.77. The standard InChI is InChI=1S/C49H32N4O.Pt/c1-34-29-49(50-32-43(34)36-17-6-3-7-18-36)53-45-24-11-9-22-41(45)42-28-27-39(31-48(42)53)54-38-20-14-19-37(30-38)51-33-52(47-26-13-12-25-46(47)51)44-23-10-8-21-40(44)35-15-4-2-5-16-35;/h2-29,32H,1H3;/q-2;/i1D3,2D,3D,4D,5D,6D,7D,15D,16D,17D,18D;. The molecule has 0 saturated heterocycles. The number of benzene rings is 7. The minimum Gasteiger partial charge on any atom is -0.510 e. The van der Waals surface area contributed by atoms with Crippen molar-refractivity contribution in [2.75, 3.05) is 0 Å². The number of hydrogen-bond donors (Lipinski definition) is 0. The zero-order valence-electron chi connectivity index (χ0n) is 41.5. The van der Waals surface area contributed by atoms with Crippen molar-refractivity contribution in [3.05, 3.63) is 200 Å². The van der Waals surface area contributed by atoms with Gasteiger partial charge in [-0.1, -0.05) is 127 Å². The number of pyridine rings is 1. The van der Waals surface area contributed by atoms with Crippen molar-refractivity contribution < 1.29 is 48.2 Å². The molecule has 0 unspecified atom stereocenters. The van der Waals surface area contributed by atoms with E-state index in [-0.39, 0.29) is 61.2 Å². The summed E-state index contributed by atoms with van der Waals surface area (Å²) < 4.78 is 121. The van der Waals surface area contributed by atoms with Crippen molar-refractivity contribution in [3.63, 3.8) is 0 Å². The van der Waals surface area contributed by atoms with Crippen molar-refractivity contribution in [2.24, 2.45) is 0 Å². The van der Waals surface area contributed by atoms with Crippen LogP contribution in [0.2, 0.25) is 0 Å². The number of fused-ring (bicyclic) bond motifs is 4. The molecule has 10 rings (SSSR count). The topological polar surface area (TPSA) is 35.9 Å². The van der Waals surface area contributed by atoms with Crippen molar-refractivity contribution in [1.82, 2.24) is 14.1 Å². The van der Waals surface area contributed by atoms with Crippen LogP contribution in [0, 0.1) is 25.3 Å². The summed E-state index contributed by atoms with van der Waals surface area (Å²) in [6, 6.07) is 34.2. The Kier molecular flexibility index (Phi) is 5.90. The largest absolute Gasteiger partial charge is 0.510 e. The Morgan fingerprint density at radius 1 is 0.673 bits per heavy atom. The predicted octanol–water partition coefficient (Wildman–Crippen LogP) is 11.2. The second kappa shape index (κ2) is 14.4. The molecule has 0 saturated carbocycles. The van der Waals surface area contributed by atoms with Gasteiger partial charge in [-0.3, -0.25) is 4.57 Å². The molecule has 0 atom stereocenters. The van der Waals surface area contributed by atoms with Crippen molar-refractivity contribution in [3.8, 4) is 50.9 Å². The smallest absolute Gasteiger partial charge is 0.268 e. The minimum absolute atomic E-state index is 0. The average molecular weight is 901 g/mol. The predicted molar refractivity (Wildman–Crippen MR) is 216 cm³/mol. The SMILES string of the molecule is [2H]c1c([2H])c([2H])c(-c2ccccc2-[n+]2[c-]n(-c3[c-]c(Oc4[c-]c5c(cc4)c4ccccc4n5-c4cc(C([2H])([2H])[2H])c(-c5c([2H])c([2H])c([2H])c([2H])c5[2H])cn4)ccc3)c3ccccc32)c([2H])c1[2H].[Pt]. The monoisotopic (exact) mass is 900 g/mol. The first-order valence-electron chi connectivity index (χ1n) is 23.4. The first-order valence-corrected chi connectivity index (χ1v) is 16.9. The van der Waals surface area contributed by atoms with Gasteiger partial charge < -0.3 is 13.9 Å². The number of nitrogens with zero attached hydrogens (tertiary/aromatic N) is 4. The Labute approximate surface area is 351 Å². The summed E-state index contributed by atoms with van der Waals surface area (Å²) in [5.41, 5.74) is 3.54. The Hall–Kier alpha value is -6.55. The summed E-state index contributed by atoms with van der Waals surface area (Å²) >= 11 is 0. The molecule has 0 radical (unpaired) electrons. The van der Waals surface area contributed by atoms with E-state index >= 15 is 0 Å². The van der Waals surface area contributed by atoms with Crippen LogP contribution in [0.3, 0.4) is 0 Å². The maximum Gasteiger partial charge on any atom is 0.268 e. The van der Waals surface area contributed by atoms with E-state index in [1.807, 2.05) is 60.7 Å². The van der Waals surface area contributed by atoms with Gasteiger partial charge in [0.15, 0.2) is 0 Å². The van der Waals surface area contributed by atoms with E-state index in [1.165, 1.54) is 12.3 Å². The van der Waals surface area contributed by atoms with E-state index < -0.39 is 55.2 Å². The fourth-order valence-corrected chi connectivity index (χ4v) is 6.75. The molecule has 0 aliphatic rings. The molecule has 0 N–H and O–H groups in total. The van der Waals surface area contributed by atoms with E-state index in [4.69, 9.17) is 22.6 Å². The zero-order chi connectivity index (χ0) is 47.2. The molecule has 3 aromatic heterocycles. The second-order valence-corrected chi connectivity index (χ2v) is 12.3. The summed E-state index contributed by atoms with van der Waals surface area (Å²) in [5, 5.41) is 1.58. The van der Waals surface area contributed by atoms with Crippen molar-refractivity contribution >= 4 is 32.8 Å². The van der Waals surface area contributed by atoms with Gasteiger partial charge in [0.05, 0.1) is 30.4 Å². The molecule has 6 heteroatoms. The first kappa shape index (κ1) is 22.6. The van der Waals surface area contributed by atoms with E-state index in [0.29, 0.717) is 45.0 Å². The van der Waals surface area contributed by atoms with Crippen molar-refractivity contribution in [2.45, 2.75) is 6.85 Å². The van der Waals surface area contributed by atoms with Crippen LogP contribution in [0.1, 0.15) is 23.4 Å². The molecular formula is C49H32N4OPt-2. The summed E-state index contributed by atoms with van der Waals surface area (Å²) in [5.74, 6) is 0.798. The third kappa shape index (κ3) is 6.13. The maximum absolute atomic E-state index is 8.71. The third-order valence-corrected chi connectivity index (χ3v) is 9.14. The van der Waals surface area contributed by atoms with Crippen LogP contribution in [-0.2, 0) is 21.1 Å². The number of hydrogen-bond acceptors (Lipinski definition) is 2. The maximum atomic E-state index is 8.71. The third-order valence-electron chi connectivity index (χ3n) is 9.14. The van der Waals surface area contributed by atoms with Gasteiger partial charge in [-0.2, -0.15) is 18.2 Å². The molecule has 266 valence electrons.